The van der Waals surface area contributed by atoms with Crippen molar-refractivity contribution in [1.29, 1.82) is 0 Å². The average molecular weight is 120 g/mol. The van der Waals surface area contributed by atoms with Gasteiger partial charge in [0.25, 0.3) is 0 Å². The number of allylic oxidation sites excluding steroid dienone is 1. The van der Waals surface area contributed by atoms with Gasteiger partial charge in [0, 0.05) is 12.4 Å². The molecule has 0 saturated carbocycles. The Morgan fingerprint density at radius 2 is 2.56 bits per heavy atom. The zero-order valence-corrected chi connectivity index (χ0v) is 5.54. The molecule has 47 valence electrons. The van der Waals surface area contributed by atoms with E-state index in [0.29, 0.717) is 0 Å². The van der Waals surface area contributed by atoms with E-state index in [0.717, 1.165) is 6.42 Å². The van der Waals surface area contributed by atoms with Crippen molar-refractivity contribution in [2.45, 2.75) is 13.3 Å². The topological polar surface area (TPSA) is 4.93 Å². The summed E-state index contributed by atoms with van der Waals surface area (Å²) in [5, 5.41) is 0. The molecular weight excluding hydrogens is 110 g/mol. The van der Waals surface area contributed by atoms with Crippen molar-refractivity contribution in [2.24, 2.45) is 0 Å². The van der Waals surface area contributed by atoms with Gasteiger partial charge >= 0.3 is 0 Å². The number of aromatic nitrogens is 1. The molecule has 0 aromatic carbocycles. The molecule has 1 rings (SSSR count). The van der Waals surface area contributed by atoms with Crippen LogP contribution in [0.1, 0.15) is 13.3 Å². The summed E-state index contributed by atoms with van der Waals surface area (Å²) >= 11 is 0. The van der Waals surface area contributed by atoms with Crippen LogP contribution in [0, 0.1) is 6.20 Å². The standard InChI is InChI=1S/C8H10N/c1-2-3-6-9-7-4-5-8-9/h3-7H,2H2,1H3. The largest absolute Gasteiger partial charge is 0.322 e. The molecule has 1 heteroatoms. The predicted molar refractivity (Wildman–Crippen MR) is 38.9 cm³/mol. The Labute approximate surface area is 55.6 Å². The molecule has 1 radical (unpaired) electrons. The molecule has 0 aliphatic rings. The van der Waals surface area contributed by atoms with E-state index in [2.05, 4.69) is 19.2 Å². The van der Waals surface area contributed by atoms with Crippen LogP contribution in [-0.4, -0.2) is 4.57 Å². The molecule has 0 amide bonds. The normalized spacial score (nSPS) is 10.8. The smallest absolute Gasteiger partial charge is 0.0692 e. The summed E-state index contributed by atoms with van der Waals surface area (Å²) in [6.07, 6.45) is 10.1. The van der Waals surface area contributed by atoms with Crippen LogP contribution in [0.5, 0.6) is 0 Å². The van der Waals surface area contributed by atoms with Crippen LogP contribution in [-0.2, 0) is 0 Å². The Morgan fingerprint density at radius 3 is 3.11 bits per heavy atom. The first-order valence-electron chi connectivity index (χ1n) is 3.14. The summed E-state index contributed by atoms with van der Waals surface area (Å²) in [5.74, 6) is 0. The molecule has 0 unspecified atom stereocenters. The molecular formula is C8H10N. The highest BCUT2D eigenvalue weighted by atomic mass is 14.9. The quantitative estimate of drug-likeness (QED) is 0.563. The second-order valence-corrected chi connectivity index (χ2v) is 1.84. The lowest BCUT2D eigenvalue weighted by Crippen LogP contribution is -1.76. The van der Waals surface area contributed by atoms with Gasteiger partial charge in [0.2, 0.25) is 0 Å². The Kier molecular flexibility index (Phi) is 2.13. The number of hydrogen-bond acceptors (Lipinski definition) is 0. The van der Waals surface area contributed by atoms with Crippen molar-refractivity contribution in [3.63, 3.8) is 0 Å². The van der Waals surface area contributed by atoms with E-state index in [9.17, 15) is 0 Å². The van der Waals surface area contributed by atoms with Crippen LogP contribution < -0.4 is 0 Å². The van der Waals surface area contributed by atoms with Crippen molar-refractivity contribution in [3.05, 3.63) is 30.6 Å². The highest BCUT2D eigenvalue weighted by Crippen LogP contribution is 1.90. The molecule has 1 heterocycles. The fourth-order valence-corrected chi connectivity index (χ4v) is 0.620. The fourth-order valence-electron chi connectivity index (χ4n) is 0.620. The molecule has 0 spiro atoms. The van der Waals surface area contributed by atoms with Crippen molar-refractivity contribution in [3.8, 4) is 0 Å². The summed E-state index contributed by atoms with van der Waals surface area (Å²) in [5.41, 5.74) is 0. The Bertz CT molecular complexity index is 172. The number of hydrogen-bond donors (Lipinski definition) is 0. The first kappa shape index (κ1) is 6.14. The zero-order chi connectivity index (χ0) is 6.53. The van der Waals surface area contributed by atoms with Crippen LogP contribution >= 0.6 is 0 Å². The molecule has 1 aromatic heterocycles. The molecule has 0 saturated heterocycles. The summed E-state index contributed by atoms with van der Waals surface area (Å²) < 4.78 is 1.91. The van der Waals surface area contributed by atoms with E-state index < -0.39 is 0 Å². The molecule has 1 aromatic rings. The Balaban J connectivity index is 2.57. The number of nitrogens with zero attached hydrogens (tertiary/aromatic N) is 1. The molecule has 0 bridgehead atoms. The minimum absolute atomic E-state index is 1.08. The van der Waals surface area contributed by atoms with E-state index in [1.54, 1.807) is 0 Å². The molecule has 0 aliphatic carbocycles. The monoisotopic (exact) mass is 120 g/mol. The van der Waals surface area contributed by atoms with Gasteiger partial charge in [-0.2, -0.15) is 0 Å². The molecule has 0 fully saturated rings. The first-order valence-corrected chi connectivity index (χ1v) is 3.14. The lowest BCUT2D eigenvalue weighted by Gasteiger charge is -1.86. The zero-order valence-electron chi connectivity index (χ0n) is 5.54. The number of rotatable bonds is 2. The minimum Gasteiger partial charge on any atom is -0.322 e. The van der Waals surface area contributed by atoms with E-state index in [-0.39, 0.29) is 0 Å². The van der Waals surface area contributed by atoms with Gasteiger partial charge in [0.05, 0.1) is 6.20 Å². The summed E-state index contributed by atoms with van der Waals surface area (Å²) in [6, 6.07) is 3.85. The third-order valence-electron chi connectivity index (χ3n) is 1.07. The Morgan fingerprint density at radius 1 is 1.67 bits per heavy atom. The maximum Gasteiger partial charge on any atom is 0.0692 e. The Hall–Kier alpha value is -0.980. The van der Waals surface area contributed by atoms with E-state index in [1.165, 1.54) is 0 Å². The molecule has 1 nitrogen and oxygen atoms in total. The lowest BCUT2D eigenvalue weighted by molar-refractivity contribution is 1.13. The maximum absolute atomic E-state index is 3.00. The van der Waals surface area contributed by atoms with Gasteiger partial charge in [-0.05, 0) is 18.6 Å². The van der Waals surface area contributed by atoms with Crippen LogP contribution in [0.3, 0.4) is 0 Å². The molecule has 0 atom stereocenters. The molecule has 9 heavy (non-hydrogen) atoms. The second kappa shape index (κ2) is 3.13. The van der Waals surface area contributed by atoms with Gasteiger partial charge in [-0.25, -0.2) is 0 Å². The van der Waals surface area contributed by atoms with E-state index >= 15 is 0 Å². The summed E-state index contributed by atoms with van der Waals surface area (Å²) in [7, 11) is 0. The van der Waals surface area contributed by atoms with Crippen LogP contribution in [0.2, 0.25) is 0 Å². The summed E-state index contributed by atoms with van der Waals surface area (Å²) in [4.78, 5) is 0. The maximum atomic E-state index is 3.00. The fraction of sp³-hybridized carbons (Fsp3) is 0.250. The van der Waals surface area contributed by atoms with Crippen LogP contribution in [0.15, 0.2) is 24.4 Å². The summed E-state index contributed by atoms with van der Waals surface area (Å²) in [6.45, 7) is 2.11. The van der Waals surface area contributed by atoms with Crippen molar-refractivity contribution in [2.75, 3.05) is 0 Å². The van der Waals surface area contributed by atoms with Gasteiger partial charge < -0.3 is 4.57 Å². The van der Waals surface area contributed by atoms with Crippen LogP contribution in [0.4, 0.5) is 0 Å². The van der Waals surface area contributed by atoms with Gasteiger partial charge in [0.15, 0.2) is 0 Å². The first-order chi connectivity index (χ1) is 4.43. The van der Waals surface area contributed by atoms with E-state index in [4.69, 9.17) is 0 Å². The van der Waals surface area contributed by atoms with Crippen LogP contribution in [0.25, 0.3) is 6.20 Å². The lowest BCUT2D eigenvalue weighted by atomic mass is 10.5. The van der Waals surface area contributed by atoms with Crippen molar-refractivity contribution < 1.29 is 0 Å². The SMILES string of the molecule is CCC=Cn1[c]ccc1. The van der Waals surface area contributed by atoms with Crippen molar-refractivity contribution >= 4 is 6.20 Å². The van der Waals surface area contributed by atoms with Gasteiger partial charge in [-0.15, -0.1) is 0 Å². The predicted octanol–water partition coefficient (Wildman–Crippen LogP) is 2.17. The average Bonchev–Trinajstić information content (AvgIpc) is 2.34. The van der Waals surface area contributed by atoms with Gasteiger partial charge in [0.1, 0.15) is 0 Å². The molecule has 0 N–H and O–H groups in total. The highest BCUT2D eigenvalue weighted by Gasteiger charge is 1.76. The van der Waals surface area contributed by atoms with Gasteiger partial charge in [-0.1, -0.05) is 13.0 Å². The molecule has 0 aliphatic heterocycles. The van der Waals surface area contributed by atoms with Crippen molar-refractivity contribution in [1.82, 2.24) is 4.57 Å². The third-order valence-corrected chi connectivity index (χ3v) is 1.07. The van der Waals surface area contributed by atoms with Gasteiger partial charge in [-0.3, -0.25) is 0 Å². The minimum atomic E-state index is 1.08. The second-order valence-electron chi connectivity index (χ2n) is 1.84. The van der Waals surface area contributed by atoms with E-state index in [1.807, 2.05) is 29.1 Å². The third kappa shape index (κ3) is 1.76. The highest BCUT2D eigenvalue weighted by molar-refractivity contribution is 5.21.